The largest absolute Gasteiger partial charge is 0.381 e. The molecule has 0 aliphatic heterocycles. The predicted octanol–water partition coefficient (Wildman–Crippen LogP) is 3.45. The molecule has 0 bridgehead atoms. The van der Waals surface area contributed by atoms with Gasteiger partial charge in [0, 0.05) is 19.8 Å². The number of sulfonamides is 1. The number of ether oxygens (including phenoxy) is 1. The van der Waals surface area contributed by atoms with E-state index in [4.69, 9.17) is 4.74 Å². The van der Waals surface area contributed by atoms with E-state index in [0.29, 0.717) is 26.2 Å². The van der Waals surface area contributed by atoms with E-state index in [0.717, 1.165) is 17.5 Å². The molecule has 2 rings (SSSR count). The zero-order valence-corrected chi connectivity index (χ0v) is 14.2. The molecule has 0 saturated carbocycles. The number of hydrogen-bond donors (Lipinski definition) is 1. The summed E-state index contributed by atoms with van der Waals surface area (Å²) in [6.45, 7) is 3.71. The summed E-state index contributed by atoms with van der Waals surface area (Å²) >= 11 is 0. The molecule has 0 aliphatic rings. The van der Waals surface area contributed by atoms with E-state index in [1.807, 2.05) is 49.4 Å². The molecule has 0 amide bonds. The van der Waals surface area contributed by atoms with E-state index in [1.165, 1.54) is 0 Å². The lowest BCUT2D eigenvalue weighted by atomic mass is 10.1. The van der Waals surface area contributed by atoms with Gasteiger partial charge in [0.2, 0.25) is 10.0 Å². The van der Waals surface area contributed by atoms with Crippen LogP contribution in [-0.4, -0.2) is 28.2 Å². The van der Waals surface area contributed by atoms with Gasteiger partial charge < -0.3 is 4.74 Å². The maximum atomic E-state index is 12.2. The molecule has 0 atom stereocenters. The van der Waals surface area contributed by atoms with Gasteiger partial charge in [0.1, 0.15) is 0 Å². The van der Waals surface area contributed by atoms with Crippen LogP contribution in [0.4, 0.5) is 0 Å². The summed E-state index contributed by atoms with van der Waals surface area (Å²) in [4.78, 5) is 0.284. The monoisotopic (exact) mass is 333 g/mol. The highest BCUT2D eigenvalue weighted by atomic mass is 32.2. The van der Waals surface area contributed by atoms with Crippen molar-refractivity contribution in [2.24, 2.45) is 0 Å². The average molecular weight is 333 g/mol. The first kappa shape index (κ1) is 17.7. The third-order valence-corrected chi connectivity index (χ3v) is 4.85. The normalized spacial score (nSPS) is 11.5. The zero-order valence-electron chi connectivity index (χ0n) is 13.4. The lowest BCUT2D eigenvalue weighted by Crippen LogP contribution is -2.25. The molecule has 2 aromatic rings. The molecular formula is C18H23NO3S. The number of nitrogens with one attached hydrogen (secondary N) is 1. The van der Waals surface area contributed by atoms with Crippen molar-refractivity contribution in [1.29, 1.82) is 0 Å². The summed E-state index contributed by atoms with van der Waals surface area (Å²) in [6, 6.07) is 16.8. The summed E-state index contributed by atoms with van der Waals surface area (Å²) < 4.78 is 32.4. The highest BCUT2D eigenvalue weighted by molar-refractivity contribution is 7.89. The van der Waals surface area contributed by atoms with Gasteiger partial charge in [-0.05, 0) is 36.1 Å². The maximum absolute atomic E-state index is 12.2. The minimum Gasteiger partial charge on any atom is -0.381 e. The third kappa shape index (κ3) is 5.46. The molecule has 1 N–H and O–H groups in total. The van der Waals surface area contributed by atoms with Crippen molar-refractivity contribution < 1.29 is 13.2 Å². The van der Waals surface area contributed by atoms with Gasteiger partial charge in [-0.25, -0.2) is 13.1 Å². The van der Waals surface area contributed by atoms with Gasteiger partial charge in [0.15, 0.2) is 0 Å². The van der Waals surface area contributed by atoms with Gasteiger partial charge in [0.05, 0.1) is 4.90 Å². The number of hydrogen-bond acceptors (Lipinski definition) is 3. The van der Waals surface area contributed by atoms with Gasteiger partial charge in [0.25, 0.3) is 0 Å². The SMILES string of the molecule is CCCOCCCNS(=O)(=O)c1ccc(-c2ccccc2)cc1. The van der Waals surface area contributed by atoms with Crippen LogP contribution < -0.4 is 4.72 Å². The minimum atomic E-state index is -3.46. The second kappa shape index (κ2) is 8.82. The van der Waals surface area contributed by atoms with Crippen molar-refractivity contribution in [2.45, 2.75) is 24.7 Å². The lowest BCUT2D eigenvalue weighted by Gasteiger charge is -2.08. The molecular weight excluding hydrogens is 310 g/mol. The average Bonchev–Trinajstić information content (AvgIpc) is 2.59. The fourth-order valence-electron chi connectivity index (χ4n) is 2.17. The first-order valence-electron chi connectivity index (χ1n) is 7.86. The highest BCUT2D eigenvalue weighted by Gasteiger charge is 2.13. The van der Waals surface area contributed by atoms with Crippen LogP contribution in [0.5, 0.6) is 0 Å². The molecule has 0 fully saturated rings. The molecule has 0 aliphatic carbocycles. The molecule has 0 unspecified atom stereocenters. The predicted molar refractivity (Wildman–Crippen MR) is 92.8 cm³/mol. The maximum Gasteiger partial charge on any atom is 0.240 e. The van der Waals surface area contributed by atoms with Crippen molar-refractivity contribution in [3.05, 3.63) is 54.6 Å². The van der Waals surface area contributed by atoms with Crippen LogP contribution in [0.2, 0.25) is 0 Å². The van der Waals surface area contributed by atoms with Crippen LogP contribution in [0.25, 0.3) is 11.1 Å². The van der Waals surface area contributed by atoms with Crippen molar-refractivity contribution in [2.75, 3.05) is 19.8 Å². The van der Waals surface area contributed by atoms with E-state index in [2.05, 4.69) is 4.72 Å². The van der Waals surface area contributed by atoms with Gasteiger partial charge in [-0.3, -0.25) is 0 Å². The summed E-state index contributed by atoms with van der Waals surface area (Å²) in [7, 11) is -3.46. The Hall–Kier alpha value is -1.69. The van der Waals surface area contributed by atoms with Gasteiger partial charge >= 0.3 is 0 Å². The standard InChI is InChI=1S/C18H23NO3S/c1-2-14-22-15-6-13-19-23(20,21)18-11-9-17(10-12-18)16-7-4-3-5-8-16/h3-5,7-12,19H,2,6,13-15H2,1H3. The molecule has 0 saturated heterocycles. The van der Waals surface area contributed by atoms with Crippen molar-refractivity contribution >= 4 is 10.0 Å². The first-order valence-corrected chi connectivity index (χ1v) is 9.34. The summed E-state index contributed by atoms with van der Waals surface area (Å²) in [6.07, 6.45) is 1.64. The zero-order chi connectivity index (χ0) is 16.5. The fraction of sp³-hybridized carbons (Fsp3) is 0.333. The van der Waals surface area contributed by atoms with E-state index < -0.39 is 10.0 Å². The molecule has 124 valence electrons. The molecule has 0 aromatic heterocycles. The minimum absolute atomic E-state index is 0.284. The van der Waals surface area contributed by atoms with Crippen LogP contribution in [0.15, 0.2) is 59.5 Å². The quantitative estimate of drug-likeness (QED) is 0.715. The fourth-order valence-corrected chi connectivity index (χ4v) is 3.24. The first-order chi connectivity index (χ1) is 11.1. The Labute approximate surface area is 138 Å². The lowest BCUT2D eigenvalue weighted by molar-refractivity contribution is 0.133. The van der Waals surface area contributed by atoms with Gasteiger partial charge in [-0.1, -0.05) is 49.4 Å². The third-order valence-electron chi connectivity index (χ3n) is 3.38. The molecule has 0 radical (unpaired) electrons. The van der Waals surface area contributed by atoms with Crippen LogP contribution in [0.1, 0.15) is 19.8 Å². The van der Waals surface area contributed by atoms with Crippen LogP contribution >= 0.6 is 0 Å². The second-order valence-corrected chi connectivity index (χ2v) is 7.02. The van der Waals surface area contributed by atoms with Gasteiger partial charge in [-0.2, -0.15) is 0 Å². The van der Waals surface area contributed by atoms with Crippen molar-refractivity contribution in [3.8, 4) is 11.1 Å². The molecule has 0 spiro atoms. The number of benzene rings is 2. The Balaban J connectivity index is 1.92. The molecule has 5 heteroatoms. The van der Waals surface area contributed by atoms with Crippen molar-refractivity contribution in [1.82, 2.24) is 4.72 Å². The Morgan fingerprint density at radius 1 is 0.913 bits per heavy atom. The Bertz CT molecular complexity index is 682. The summed E-state index contributed by atoms with van der Waals surface area (Å²) in [5.74, 6) is 0. The van der Waals surface area contributed by atoms with Crippen LogP contribution in [0, 0.1) is 0 Å². The van der Waals surface area contributed by atoms with E-state index in [1.54, 1.807) is 12.1 Å². The summed E-state index contributed by atoms with van der Waals surface area (Å²) in [5, 5.41) is 0. The molecule has 23 heavy (non-hydrogen) atoms. The Morgan fingerprint density at radius 2 is 1.57 bits per heavy atom. The van der Waals surface area contributed by atoms with E-state index >= 15 is 0 Å². The molecule has 4 nitrogen and oxygen atoms in total. The molecule has 2 aromatic carbocycles. The number of rotatable bonds is 9. The topological polar surface area (TPSA) is 55.4 Å². The highest BCUT2D eigenvalue weighted by Crippen LogP contribution is 2.20. The Kier molecular flexibility index (Phi) is 6.77. The van der Waals surface area contributed by atoms with Gasteiger partial charge in [-0.15, -0.1) is 0 Å². The Morgan fingerprint density at radius 3 is 2.22 bits per heavy atom. The van der Waals surface area contributed by atoms with Crippen molar-refractivity contribution in [3.63, 3.8) is 0 Å². The van der Waals surface area contributed by atoms with E-state index in [9.17, 15) is 8.42 Å². The second-order valence-electron chi connectivity index (χ2n) is 5.25. The smallest absolute Gasteiger partial charge is 0.240 e. The summed E-state index contributed by atoms with van der Waals surface area (Å²) in [5.41, 5.74) is 2.06. The molecule has 0 heterocycles. The van der Waals surface area contributed by atoms with Crippen LogP contribution in [-0.2, 0) is 14.8 Å². The van der Waals surface area contributed by atoms with E-state index in [-0.39, 0.29) is 4.90 Å². The van der Waals surface area contributed by atoms with Crippen LogP contribution in [0.3, 0.4) is 0 Å².